The molecular weight excluding hydrogens is 174 g/mol. The fourth-order valence-electron chi connectivity index (χ4n) is 0.609. The van der Waals surface area contributed by atoms with E-state index < -0.39 is 12.0 Å². The zero-order chi connectivity index (χ0) is 7.44. The second kappa shape index (κ2) is 5.71. The van der Waals surface area contributed by atoms with Crippen LogP contribution in [-0.4, -0.2) is 17.1 Å². The summed E-state index contributed by atoms with van der Waals surface area (Å²) in [4.78, 5) is 10.1. The molecule has 0 saturated carbocycles. The van der Waals surface area contributed by atoms with Crippen molar-refractivity contribution in [2.75, 3.05) is 0 Å². The van der Waals surface area contributed by atoms with Crippen LogP contribution in [0.4, 0.5) is 0 Å². The predicted molar refractivity (Wildman–Crippen MR) is 35.1 cm³/mol. The van der Waals surface area contributed by atoms with E-state index in [0.29, 0.717) is 12.3 Å². The first-order valence-corrected chi connectivity index (χ1v) is 3.02. The van der Waals surface area contributed by atoms with Crippen LogP contribution >= 0.6 is 0 Å². The van der Waals surface area contributed by atoms with Crippen LogP contribution in [0.2, 0.25) is 0 Å². The summed E-state index contributed by atoms with van der Waals surface area (Å²) in [6.07, 6.45) is 0.551. The molecule has 1 atom stereocenters. The largest absolute Gasteiger partial charge is 0.480 e. The van der Waals surface area contributed by atoms with Gasteiger partial charge in [-0.1, -0.05) is 13.8 Å². The van der Waals surface area contributed by atoms with Crippen molar-refractivity contribution >= 4 is 5.97 Å². The van der Waals surface area contributed by atoms with Crippen molar-refractivity contribution in [2.45, 2.75) is 26.3 Å². The summed E-state index contributed by atoms with van der Waals surface area (Å²) in [5, 5.41) is 8.31. The second-order valence-corrected chi connectivity index (χ2v) is 2.57. The van der Waals surface area contributed by atoms with E-state index in [0.717, 1.165) is 0 Å². The van der Waals surface area contributed by atoms with Crippen LogP contribution in [-0.2, 0) is 21.9 Å². The van der Waals surface area contributed by atoms with Gasteiger partial charge in [0.2, 0.25) is 0 Å². The summed E-state index contributed by atoms with van der Waals surface area (Å²) in [5.41, 5.74) is 5.22. The number of aliphatic carboxylic acids is 1. The molecule has 3 N–H and O–H groups in total. The fraction of sp³-hybridized carbons (Fsp3) is 0.833. The molecule has 4 heteroatoms. The van der Waals surface area contributed by atoms with Gasteiger partial charge in [-0.05, 0) is 12.3 Å². The van der Waals surface area contributed by atoms with E-state index in [9.17, 15) is 4.79 Å². The Hall–Kier alpha value is -0.0505. The van der Waals surface area contributed by atoms with Crippen LogP contribution < -0.4 is 5.73 Å². The number of rotatable bonds is 3. The van der Waals surface area contributed by atoms with Gasteiger partial charge in [0.15, 0.2) is 0 Å². The average molecular weight is 187 g/mol. The summed E-state index contributed by atoms with van der Waals surface area (Å²) in [6, 6.07) is -0.690. The minimum atomic E-state index is -0.913. The number of carboxylic acids is 1. The maximum Gasteiger partial charge on any atom is 0.320 e. The fourth-order valence-corrected chi connectivity index (χ4v) is 0.609. The molecule has 0 fully saturated rings. The third kappa shape index (κ3) is 6.08. The molecule has 0 radical (unpaired) electrons. The predicted octanol–water partition coefficient (Wildman–Crippen LogP) is 0.442. The van der Waals surface area contributed by atoms with E-state index in [1.54, 1.807) is 0 Å². The Morgan fingerprint density at radius 1 is 1.60 bits per heavy atom. The Kier molecular flexibility index (Phi) is 7.20. The van der Waals surface area contributed by atoms with Gasteiger partial charge in [0.1, 0.15) is 6.04 Å². The first-order valence-electron chi connectivity index (χ1n) is 3.02. The van der Waals surface area contributed by atoms with E-state index in [1.165, 1.54) is 0 Å². The molecule has 10 heavy (non-hydrogen) atoms. The SMILES string of the molecule is CC(C)C[C@H](N)C(=O)O.[Fe]. The van der Waals surface area contributed by atoms with Gasteiger partial charge >= 0.3 is 5.97 Å². The molecule has 62 valence electrons. The van der Waals surface area contributed by atoms with E-state index in [4.69, 9.17) is 10.8 Å². The Labute approximate surface area is 71.5 Å². The van der Waals surface area contributed by atoms with Crippen LogP contribution in [0.3, 0.4) is 0 Å². The third-order valence-electron chi connectivity index (χ3n) is 1.04. The minimum absolute atomic E-state index is 0. The molecular formula is C6H13FeNO2. The number of carboxylic acid groups (broad SMARTS) is 1. The van der Waals surface area contributed by atoms with Crippen LogP contribution in [0.15, 0.2) is 0 Å². The van der Waals surface area contributed by atoms with Gasteiger partial charge in [0, 0.05) is 17.1 Å². The summed E-state index contributed by atoms with van der Waals surface area (Å²) >= 11 is 0. The van der Waals surface area contributed by atoms with E-state index in [1.807, 2.05) is 13.8 Å². The molecule has 0 rings (SSSR count). The van der Waals surface area contributed by atoms with Crippen molar-refractivity contribution in [1.29, 1.82) is 0 Å². The van der Waals surface area contributed by atoms with Crippen LogP contribution in [0.25, 0.3) is 0 Å². The molecule has 0 amide bonds. The zero-order valence-corrected chi connectivity index (χ0v) is 7.25. The molecule has 3 nitrogen and oxygen atoms in total. The van der Waals surface area contributed by atoms with Gasteiger partial charge in [-0.3, -0.25) is 4.79 Å². The van der Waals surface area contributed by atoms with Crippen molar-refractivity contribution in [1.82, 2.24) is 0 Å². The normalized spacial score (nSPS) is 12.4. The van der Waals surface area contributed by atoms with Crippen molar-refractivity contribution in [2.24, 2.45) is 11.7 Å². The van der Waals surface area contributed by atoms with Crippen molar-refractivity contribution in [3.05, 3.63) is 0 Å². The Balaban J connectivity index is 0. The molecule has 0 unspecified atom stereocenters. The first kappa shape index (κ1) is 12.6. The maximum absolute atomic E-state index is 10.1. The van der Waals surface area contributed by atoms with Gasteiger partial charge in [-0.15, -0.1) is 0 Å². The van der Waals surface area contributed by atoms with Crippen LogP contribution in [0, 0.1) is 5.92 Å². The smallest absolute Gasteiger partial charge is 0.320 e. The molecule has 0 aliphatic rings. The number of carbonyl (C=O) groups is 1. The number of hydrogen-bond donors (Lipinski definition) is 2. The van der Waals surface area contributed by atoms with Gasteiger partial charge in [0.05, 0.1) is 0 Å². The monoisotopic (exact) mass is 187 g/mol. The molecule has 0 aromatic carbocycles. The summed E-state index contributed by atoms with van der Waals surface area (Å²) in [7, 11) is 0. The third-order valence-corrected chi connectivity index (χ3v) is 1.04. The summed E-state index contributed by atoms with van der Waals surface area (Å²) < 4.78 is 0. The summed E-state index contributed by atoms with van der Waals surface area (Å²) in [5.74, 6) is -0.556. The Morgan fingerprint density at radius 3 is 2.10 bits per heavy atom. The standard InChI is InChI=1S/C6H13NO2.Fe/c1-4(2)3-5(7)6(8)9;/h4-5H,3,7H2,1-2H3,(H,8,9);/t5-;/m0./s1. The second-order valence-electron chi connectivity index (χ2n) is 2.57. The number of hydrogen-bond acceptors (Lipinski definition) is 2. The summed E-state index contributed by atoms with van der Waals surface area (Å²) in [6.45, 7) is 3.89. The molecule has 0 bridgehead atoms. The number of nitrogens with two attached hydrogens (primary N) is 1. The van der Waals surface area contributed by atoms with Gasteiger partial charge < -0.3 is 10.8 Å². The van der Waals surface area contributed by atoms with Crippen molar-refractivity contribution in [3.63, 3.8) is 0 Å². The van der Waals surface area contributed by atoms with Crippen molar-refractivity contribution in [3.8, 4) is 0 Å². The molecule has 0 aliphatic heterocycles. The molecule has 0 aromatic rings. The van der Waals surface area contributed by atoms with Gasteiger partial charge in [-0.2, -0.15) is 0 Å². The zero-order valence-electron chi connectivity index (χ0n) is 6.15. The molecule has 0 spiro atoms. The van der Waals surface area contributed by atoms with E-state index in [-0.39, 0.29) is 17.1 Å². The topological polar surface area (TPSA) is 63.3 Å². The van der Waals surface area contributed by atoms with Crippen LogP contribution in [0.1, 0.15) is 20.3 Å². The van der Waals surface area contributed by atoms with E-state index >= 15 is 0 Å². The minimum Gasteiger partial charge on any atom is -0.480 e. The van der Waals surface area contributed by atoms with Crippen molar-refractivity contribution < 1.29 is 27.0 Å². The van der Waals surface area contributed by atoms with Crippen LogP contribution in [0.5, 0.6) is 0 Å². The molecule has 0 saturated heterocycles. The Morgan fingerprint density at radius 2 is 2.00 bits per heavy atom. The average Bonchev–Trinajstić information content (AvgIpc) is 1.63. The van der Waals surface area contributed by atoms with Gasteiger partial charge in [0.25, 0.3) is 0 Å². The molecule has 0 aromatic heterocycles. The van der Waals surface area contributed by atoms with Gasteiger partial charge in [-0.25, -0.2) is 0 Å². The first-order chi connectivity index (χ1) is 4.04. The Bertz CT molecular complexity index is 106. The maximum atomic E-state index is 10.1. The quantitative estimate of drug-likeness (QED) is 0.630. The van der Waals surface area contributed by atoms with E-state index in [2.05, 4.69) is 0 Å². The molecule has 0 aliphatic carbocycles. The molecule has 0 heterocycles.